The molecule has 0 saturated carbocycles. The number of ether oxygens (including phenoxy) is 1. The molecular weight excluding hydrogens is 382 g/mol. The van der Waals surface area contributed by atoms with Gasteiger partial charge < -0.3 is 19.4 Å². The molecule has 30 heavy (non-hydrogen) atoms. The largest absolute Gasteiger partial charge is 0.469 e. The number of aromatic nitrogens is 2. The van der Waals surface area contributed by atoms with Crippen molar-refractivity contribution in [2.45, 2.75) is 52.0 Å². The molecule has 1 unspecified atom stereocenters. The molecule has 164 valence electrons. The van der Waals surface area contributed by atoms with Crippen LogP contribution in [0.15, 0.2) is 40.2 Å². The molecule has 1 atom stereocenters. The first-order chi connectivity index (χ1) is 14.7. The zero-order valence-electron chi connectivity index (χ0n) is 18.0. The standard InChI is InChI=1S/C22H33N5O3/c1-3-5-11-23-22(24-12-10-20-9-7-14-30-20)26-13-6-8-19(17-26)27-16-18(15-25-27)21(28)29-4-2/h7,9,14-16,19H,3-6,8,10-13,17H2,1-2H3,(H,23,24). The van der Waals surface area contributed by atoms with E-state index >= 15 is 0 Å². The number of likely N-dealkylation sites (tertiary alicyclic amines) is 1. The quantitative estimate of drug-likeness (QED) is 0.293. The number of furan rings is 1. The Hall–Kier alpha value is -2.77. The Morgan fingerprint density at radius 2 is 2.33 bits per heavy atom. The topological polar surface area (TPSA) is 84.9 Å². The molecule has 3 heterocycles. The van der Waals surface area contributed by atoms with Crippen molar-refractivity contribution in [3.8, 4) is 0 Å². The number of hydrogen-bond acceptors (Lipinski definition) is 5. The van der Waals surface area contributed by atoms with Crippen LogP contribution in [0.5, 0.6) is 0 Å². The second-order valence-corrected chi connectivity index (χ2v) is 7.49. The van der Waals surface area contributed by atoms with Gasteiger partial charge in [-0.2, -0.15) is 5.10 Å². The molecule has 1 N–H and O–H groups in total. The molecule has 1 saturated heterocycles. The van der Waals surface area contributed by atoms with E-state index in [-0.39, 0.29) is 12.0 Å². The highest BCUT2D eigenvalue weighted by Crippen LogP contribution is 2.21. The summed E-state index contributed by atoms with van der Waals surface area (Å²) in [6.07, 6.45) is 10.2. The van der Waals surface area contributed by atoms with E-state index in [9.17, 15) is 4.79 Å². The fourth-order valence-electron chi connectivity index (χ4n) is 3.58. The number of aliphatic imine (C=N–C) groups is 1. The molecule has 0 radical (unpaired) electrons. The average molecular weight is 416 g/mol. The van der Waals surface area contributed by atoms with Crippen molar-refractivity contribution in [2.75, 3.05) is 32.8 Å². The van der Waals surface area contributed by atoms with E-state index in [1.165, 1.54) is 0 Å². The van der Waals surface area contributed by atoms with Gasteiger partial charge in [-0.25, -0.2) is 4.79 Å². The van der Waals surface area contributed by atoms with Crippen LogP contribution in [0.2, 0.25) is 0 Å². The van der Waals surface area contributed by atoms with Crippen molar-refractivity contribution >= 4 is 11.9 Å². The molecule has 2 aromatic rings. The fourth-order valence-corrected chi connectivity index (χ4v) is 3.58. The molecule has 0 amide bonds. The van der Waals surface area contributed by atoms with Crippen LogP contribution in [0.3, 0.4) is 0 Å². The lowest BCUT2D eigenvalue weighted by Crippen LogP contribution is -2.47. The first-order valence-electron chi connectivity index (χ1n) is 11.0. The minimum absolute atomic E-state index is 0.199. The minimum atomic E-state index is -0.321. The third kappa shape index (κ3) is 6.11. The lowest BCUT2D eigenvalue weighted by molar-refractivity contribution is 0.0526. The summed E-state index contributed by atoms with van der Waals surface area (Å²) >= 11 is 0. The van der Waals surface area contributed by atoms with Crippen LogP contribution in [0.1, 0.15) is 61.7 Å². The molecule has 2 aromatic heterocycles. The highest BCUT2D eigenvalue weighted by molar-refractivity contribution is 5.88. The minimum Gasteiger partial charge on any atom is -0.469 e. The van der Waals surface area contributed by atoms with Crippen molar-refractivity contribution in [1.29, 1.82) is 0 Å². The van der Waals surface area contributed by atoms with E-state index in [0.29, 0.717) is 12.2 Å². The second-order valence-electron chi connectivity index (χ2n) is 7.49. The Balaban J connectivity index is 1.62. The summed E-state index contributed by atoms with van der Waals surface area (Å²) in [5.41, 5.74) is 0.502. The summed E-state index contributed by atoms with van der Waals surface area (Å²) < 4.78 is 12.4. The smallest absolute Gasteiger partial charge is 0.341 e. The zero-order chi connectivity index (χ0) is 21.2. The van der Waals surface area contributed by atoms with Crippen LogP contribution < -0.4 is 5.32 Å². The van der Waals surface area contributed by atoms with Crippen LogP contribution in [0, 0.1) is 0 Å². The maximum Gasteiger partial charge on any atom is 0.341 e. The van der Waals surface area contributed by atoms with E-state index in [4.69, 9.17) is 14.1 Å². The molecule has 0 aromatic carbocycles. The van der Waals surface area contributed by atoms with Crippen LogP contribution in [-0.2, 0) is 11.2 Å². The van der Waals surface area contributed by atoms with Gasteiger partial charge in [0.25, 0.3) is 0 Å². The van der Waals surface area contributed by atoms with Crippen molar-refractivity contribution in [3.05, 3.63) is 42.1 Å². The predicted molar refractivity (Wildman–Crippen MR) is 116 cm³/mol. The third-order valence-corrected chi connectivity index (χ3v) is 5.19. The Bertz CT molecular complexity index is 800. The van der Waals surface area contributed by atoms with Gasteiger partial charge in [0, 0.05) is 38.8 Å². The Morgan fingerprint density at radius 1 is 1.43 bits per heavy atom. The molecule has 0 aliphatic carbocycles. The number of hydrogen-bond donors (Lipinski definition) is 1. The summed E-state index contributed by atoms with van der Waals surface area (Å²) in [5, 5.41) is 7.94. The van der Waals surface area contributed by atoms with Gasteiger partial charge in [0.15, 0.2) is 5.96 Å². The SMILES string of the molecule is CCCCN=C(NCCc1ccco1)N1CCCC(n2cc(C(=O)OCC)cn2)C1. The third-order valence-electron chi connectivity index (χ3n) is 5.19. The van der Waals surface area contributed by atoms with E-state index in [1.54, 1.807) is 25.6 Å². The van der Waals surface area contributed by atoms with Crippen molar-refractivity contribution in [2.24, 2.45) is 4.99 Å². The molecule has 1 fully saturated rings. The maximum atomic E-state index is 12.0. The van der Waals surface area contributed by atoms with Crippen LogP contribution >= 0.6 is 0 Å². The summed E-state index contributed by atoms with van der Waals surface area (Å²) in [7, 11) is 0. The van der Waals surface area contributed by atoms with E-state index < -0.39 is 0 Å². The number of esters is 1. The zero-order valence-corrected chi connectivity index (χ0v) is 18.0. The van der Waals surface area contributed by atoms with Gasteiger partial charge in [-0.05, 0) is 38.3 Å². The van der Waals surface area contributed by atoms with Gasteiger partial charge in [0.1, 0.15) is 5.76 Å². The second kappa shape index (κ2) is 11.4. The molecule has 8 nitrogen and oxygen atoms in total. The average Bonchev–Trinajstić information content (AvgIpc) is 3.45. The molecular formula is C22H33N5O3. The number of carbonyl (C=O) groups excluding carboxylic acids is 1. The highest BCUT2D eigenvalue weighted by Gasteiger charge is 2.25. The van der Waals surface area contributed by atoms with Gasteiger partial charge in [0.2, 0.25) is 0 Å². The number of carbonyl (C=O) groups is 1. The van der Waals surface area contributed by atoms with Crippen LogP contribution in [-0.4, -0.2) is 59.4 Å². The molecule has 8 heteroatoms. The van der Waals surface area contributed by atoms with Gasteiger partial charge in [-0.3, -0.25) is 9.67 Å². The fraction of sp³-hybridized carbons (Fsp3) is 0.591. The summed E-state index contributed by atoms with van der Waals surface area (Å²) in [6.45, 7) is 7.70. The van der Waals surface area contributed by atoms with Crippen LogP contribution in [0.4, 0.5) is 0 Å². The number of guanidine groups is 1. The lowest BCUT2D eigenvalue weighted by atomic mass is 10.1. The normalized spacial score (nSPS) is 17.2. The van der Waals surface area contributed by atoms with Crippen molar-refractivity contribution in [3.63, 3.8) is 0 Å². The first kappa shape index (κ1) is 21.9. The predicted octanol–water partition coefficient (Wildman–Crippen LogP) is 3.28. The Labute approximate surface area is 178 Å². The first-order valence-corrected chi connectivity index (χ1v) is 11.0. The summed E-state index contributed by atoms with van der Waals surface area (Å²) in [5.74, 6) is 1.59. The number of rotatable bonds is 9. The van der Waals surface area contributed by atoms with Crippen LogP contribution in [0.25, 0.3) is 0 Å². The molecule has 0 bridgehead atoms. The van der Waals surface area contributed by atoms with E-state index in [2.05, 4.69) is 22.2 Å². The van der Waals surface area contributed by atoms with Crippen molar-refractivity contribution in [1.82, 2.24) is 20.0 Å². The molecule has 1 aliphatic heterocycles. The lowest BCUT2D eigenvalue weighted by Gasteiger charge is -2.35. The number of piperidine rings is 1. The maximum absolute atomic E-state index is 12.0. The molecule has 1 aliphatic rings. The Morgan fingerprint density at radius 3 is 3.10 bits per heavy atom. The van der Waals surface area contributed by atoms with E-state index in [0.717, 1.165) is 70.0 Å². The molecule has 3 rings (SSSR count). The number of nitrogens with zero attached hydrogens (tertiary/aromatic N) is 4. The van der Waals surface area contributed by atoms with Gasteiger partial charge >= 0.3 is 5.97 Å². The number of unbranched alkanes of at least 4 members (excludes halogenated alkanes) is 1. The monoisotopic (exact) mass is 415 g/mol. The molecule has 0 spiro atoms. The summed E-state index contributed by atoms with van der Waals surface area (Å²) in [6, 6.07) is 4.10. The van der Waals surface area contributed by atoms with Crippen molar-refractivity contribution < 1.29 is 13.9 Å². The Kier molecular flexibility index (Phi) is 8.35. The number of nitrogens with one attached hydrogen (secondary N) is 1. The van der Waals surface area contributed by atoms with Gasteiger partial charge in [-0.15, -0.1) is 0 Å². The van der Waals surface area contributed by atoms with Gasteiger partial charge in [-0.1, -0.05) is 13.3 Å². The van der Waals surface area contributed by atoms with Gasteiger partial charge in [0.05, 0.1) is 30.7 Å². The summed E-state index contributed by atoms with van der Waals surface area (Å²) in [4.78, 5) is 19.1. The van der Waals surface area contributed by atoms with E-state index in [1.807, 2.05) is 16.8 Å². The highest BCUT2D eigenvalue weighted by atomic mass is 16.5.